The van der Waals surface area contributed by atoms with Gasteiger partial charge in [0.1, 0.15) is 6.67 Å². The summed E-state index contributed by atoms with van der Waals surface area (Å²) in [5.41, 5.74) is 7.39. The van der Waals surface area contributed by atoms with Crippen molar-refractivity contribution in [1.82, 2.24) is 5.01 Å². The van der Waals surface area contributed by atoms with E-state index in [9.17, 15) is 0 Å². The number of aryl methyl sites for hydroxylation is 2. The molecule has 0 amide bonds. The molecule has 0 aromatic heterocycles. The number of hydrogen-bond donors (Lipinski definition) is 1. The molecule has 0 bridgehead atoms. The van der Waals surface area contributed by atoms with Crippen LogP contribution in [0, 0.1) is 13.8 Å². The van der Waals surface area contributed by atoms with Crippen LogP contribution in [0.25, 0.3) is 0 Å². The molecule has 1 heterocycles. The first kappa shape index (κ1) is 17.3. The van der Waals surface area contributed by atoms with Crippen molar-refractivity contribution in [3.05, 3.63) is 101 Å². The predicted molar refractivity (Wildman–Crippen MR) is 113 cm³/mol. The third-order valence-electron chi connectivity index (χ3n) is 5.24. The maximum atomic E-state index is 4.96. The van der Waals surface area contributed by atoms with Gasteiger partial charge in [0.05, 0.1) is 11.8 Å². The summed E-state index contributed by atoms with van der Waals surface area (Å²) in [6.45, 7) is 4.97. The van der Waals surface area contributed by atoms with Crippen LogP contribution < -0.4 is 5.32 Å². The van der Waals surface area contributed by atoms with Gasteiger partial charge in [0.2, 0.25) is 0 Å². The van der Waals surface area contributed by atoms with Gasteiger partial charge in [-0.1, -0.05) is 66.7 Å². The zero-order valence-corrected chi connectivity index (χ0v) is 15.9. The van der Waals surface area contributed by atoms with Gasteiger partial charge in [-0.25, -0.2) is 0 Å². The molecule has 0 spiro atoms. The molecule has 4 rings (SSSR count). The van der Waals surface area contributed by atoms with Gasteiger partial charge in [-0.3, -0.25) is 5.01 Å². The second-order valence-electron chi connectivity index (χ2n) is 7.12. The molecule has 3 heteroatoms. The number of hydrogen-bond acceptors (Lipinski definition) is 3. The lowest BCUT2D eigenvalue weighted by Gasteiger charge is -2.24. The second kappa shape index (κ2) is 7.67. The molecule has 0 unspecified atom stereocenters. The summed E-state index contributed by atoms with van der Waals surface area (Å²) >= 11 is 0. The summed E-state index contributed by atoms with van der Waals surface area (Å²) in [6, 6.07) is 27.9. The van der Waals surface area contributed by atoms with E-state index in [2.05, 4.69) is 97.0 Å². The van der Waals surface area contributed by atoms with Crippen LogP contribution in [0.2, 0.25) is 0 Å². The highest BCUT2D eigenvalue weighted by atomic mass is 15.5. The molecule has 0 saturated heterocycles. The molecule has 0 radical (unpaired) electrons. The number of benzene rings is 3. The Bertz CT molecular complexity index is 932. The fourth-order valence-electron chi connectivity index (χ4n) is 3.49. The molecule has 1 N–H and O–H groups in total. The van der Waals surface area contributed by atoms with Crippen molar-refractivity contribution >= 4 is 11.4 Å². The first-order chi connectivity index (χ1) is 13.2. The Hall–Kier alpha value is -3.07. The molecule has 0 saturated carbocycles. The summed E-state index contributed by atoms with van der Waals surface area (Å²) in [6.07, 6.45) is 0.919. The third kappa shape index (κ3) is 3.87. The maximum Gasteiger partial charge on any atom is 0.105 e. The van der Waals surface area contributed by atoms with Crippen LogP contribution in [0.4, 0.5) is 5.69 Å². The van der Waals surface area contributed by atoms with E-state index in [1.54, 1.807) is 0 Å². The van der Waals surface area contributed by atoms with Gasteiger partial charge in [-0.15, -0.1) is 0 Å². The predicted octanol–water partition coefficient (Wildman–Crippen LogP) is 5.52. The fourth-order valence-corrected chi connectivity index (χ4v) is 3.49. The average molecular weight is 355 g/mol. The molecule has 27 heavy (non-hydrogen) atoms. The molecule has 1 aliphatic rings. The van der Waals surface area contributed by atoms with E-state index in [-0.39, 0.29) is 6.04 Å². The van der Waals surface area contributed by atoms with Crippen molar-refractivity contribution in [2.45, 2.75) is 26.3 Å². The van der Waals surface area contributed by atoms with Crippen LogP contribution in [0.15, 0.2) is 84.0 Å². The molecule has 1 aliphatic heterocycles. The number of rotatable bonds is 5. The molecular formula is C24H25N3. The summed E-state index contributed by atoms with van der Waals surface area (Å²) in [5, 5.41) is 10.7. The number of hydrazone groups is 1. The lowest BCUT2D eigenvalue weighted by atomic mass is 9.99. The first-order valence-electron chi connectivity index (χ1n) is 9.46. The van der Waals surface area contributed by atoms with Crippen molar-refractivity contribution in [2.75, 3.05) is 12.0 Å². The zero-order chi connectivity index (χ0) is 18.6. The normalized spacial score (nSPS) is 16.3. The molecular weight excluding hydrogens is 330 g/mol. The SMILES string of the molecule is Cc1ccc(NCN2N=C(c3ccccc3)C[C@H]2c2ccccc2)cc1C. The monoisotopic (exact) mass is 355 g/mol. The summed E-state index contributed by atoms with van der Waals surface area (Å²) in [4.78, 5) is 0. The first-order valence-corrected chi connectivity index (χ1v) is 9.46. The quantitative estimate of drug-likeness (QED) is 0.652. The summed E-state index contributed by atoms with van der Waals surface area (Å²) in [5.74, 6) is 0. The Morgan fingerprint density at radius 1 is 0.889 bits per heavy atom. The Labute approximate surface area is 161 Å². The van der Waals surface area contributed by atoms with Crippen LogP contribution in [-0.2, 0) is 0 Å². The van der Waals surface area contributed by atoms with Gasteiger partial charge in [0.25, 0.3) is 0 Å². The van der Waals surface area contributed by atoms with Crippen LogP contribution in [-0.4, -0.2) is 17.4 Å². The van der Waals surface area contributed by atoms with Crippen molar-refractivity contribution in [3.63, 3.8) is 0 Å². The zero-order valence-electron chi connectivity index (χ0n) is 15.9. The Balaban J connectivity index is 1.57. The molecule has 3 nitrogen and oxygen atoms in total. The molecule has 3 aromatic carbocycles. The van der Waals surface area contributed by atoms with Crippen LogP contribution in [0.5, 0.6) is 0 Å². The lowest BCUT2D eigenvalue weighted by Crippen LogP contribution is -2.25. The number of nitrogens with zero attached hydrogens (tertiary/aromatic N) is 2. The fraction of sp³-hybridized carbons (Fsp3) is 0.208. The van der Waals surface area contributed by atoms with Crippen LogP contribution in [0.3, 0.4) is 0 Å². The molecule has 136 valence electrons. The number of nitrogens with one attached hydrogen (secondary N) is 1. The van der Waals surface area contributed by atoms with E-state index in [4.69, 9.17) is 5.10 Å². The van der Waals surface area contributed by atoms with E-state index in [1.165, 1.54) is 22.3 Å². The largest absolute Gasteiger partial charge is 0.367 e. The van der Waals surface area contributed by atoms with Crippen molar-refractivity contribution in [2.24, 2.45) is 5.10 Å². The van der Waals surface area contributed by atoms with Crippen molar-refractivity contribution in [3.8, 4) is 0 Å². The van der Waals surface area contributed by atoms with Gasteiger partial charge in [-0.2, -0.15) is 5.10 Å². The van der Waals surface area contributed by atoms with Crippen molar-refractivity contribution in [1.29, 1.82) is 0 Å². The highest BCUT2D eigenvalue weighted by Crippen LogP contribution is 2.32. The van der Waals surface area contributed by atoms with Crippen LogP contribution >= 0.6 is 0 Å². The van der Waals surface area contributed by atoms with Gasteiger partial charge in [-0.05, 0) is 48.2 Å². The molecule has 3 aromatic rings. The maximum absolute atomic E-state index is 4.96. The smallest absolute Gasteiger partial charge is 0.105 e. The minimum atomic E-state index is 0.250. The number of anilines is 1. The second-order valence-corrected chi connectivity index (χ2v) is 7.12. The van der Waals surface area contributed by atoms with Crippen LogP contribution in [0.1, 0.15) is 34.7 Å². The molecule has 0 fully saturated rings. The lowest BCUT2D eigenvalue weighted by molar-refractivity contribution is 0.250. The van der Waals surface area contributed by atoms with E-state index in [0.717, 1.165) is 17.8 Å². The highest BCUT2D eigenvalue weighted by molar-refractivity contribution is 6.01. The molecule has 1 atom stereocenters. The van der Waals surface area contributed by atoms with E-state index < -0.39 is 0 Å². The standard InChI is InChI=1S/C24H25N3/c1-18-13-14-22(15-19(18)2)25-17-27-24(21-11-7-4-8-12-21)16-23(26-27)20-9-5-3-6-10-20/h3-15,24-25H,16-17H2,1-2H3/t24-/m0/s1. The Morgan fingerprint density at radius 3 is 2.30 bits per heavy atom. The minimum absolute atomic E-state index is 0.250. The average Bonchev–Trinajstić information content (AvgIpc) is 3.14. The van der Waals surface area contributed by atoms with Gasteiger partial charge < -0.3 is 5.32 Å². The van der Waals surface area contributed by atoms with Gasteiger partial charge >= 0.3 is 0 Å². The van der Waals surface area contributed by atoms with Gasteiger partial charge in [0.15, 0.2) is 0 Å². The van der Waals surface area contributed by atoms with Crippen molar-refractivity contribution < 1.29 is 0 Å². The molecule has 0 aliphatic carbocycles. The van der Waals surface area contributed by atoms with E-state index in [0.29, 0.717) is 6.67 Å². The minimum Gasteiger partial charge on any atom is -0.367 e. The summed E-state index contributed by atoms with van der Waals surface area (Å²) in [7, 11) is 0. The van der Waals surface area contributed by atoms with E-state index >= 15 is 0 Å². The third-order valence-corrected chi connectivity index (χ3v) is 5.24. The Kier molecular flexibility index (Phi) is 4.93. The summed E-state index contributed by atoms with van der Waals surface area (Å²) < 4.78 is 0. The topological polar surface area (TPSA) is 27.6 Å². The van der Waals surface area contributed by atoms with E-state index in [1.807, 2.05) is 6.07 Å². The Morgan fingerprint density at radius 2 is 1.59 bits per heavy atom. The van der Waals surface area contributed by atoms with Gasteiger partial charge in [0, 0.05) is 12.1 Å². The highest BCUT2D eigenvalue weighted by Gasteiger charge is 2.28.